The molecule has 0 saturated carbocycles. The fourth-order valence-corrected chi connectivity index (χ4v) is 4.71. The molecule has 2 aromatic heterocycles. The standard InChI is InChI=1S/C20H19ClN4OS/c1-4-16-23-24-19-15(9-10-26)22-18(13-5-7-14(21)8-6-13)17-11(2)12(3)27-20(17)25(16)19/h5-8,10,15H,4,9H2,1-3H3/t15-/m0/s1. The molecule has 0 fully saturated rings. The van der Waals surface area contributed by atoms with E-state index >= 15 is 0 Å². The number of aryl methyl sites for hydroxylation is 2. The molecule has 138 valence electrons. The summed E-state index contributed by atoms with van der Waals surface area (Å²) in [6.07, 6.45) is 1.92. The molecular weight excluding hydrogens is 380 g/mol. The van der Waals surface area contributed by atoms with Crippen molar-refractivity contribution in [3.8, 4) is 5.00 Å². The topological polar surface area (TPSA) is 60.1 Å². The van der Waals surface area contributed by atoms with Gasteiger partial charge in [0.05, 0.1) is 5.71 Å². The molecule has 0 spiro atoms. The number of carbonyl (C=O) groups is 1. The Labute approximate surface area is 166 Å². The summed E-state index contributed by atoms with van der Waals surface area (Å²) in [6.45, 7) is 6.29. The Kier molecular flexibility index (Phi) is 4.70. The van der Waals surface area contributed by atoms with E-state index in [0.717, 1.165) is 46.2 Å². The van der Waals surface area contributed by atoms with Crippen LogP contribution in [0, 0.1) is 13.8 Å². The first-order valence-corrected chi connectivity index (χ1v) is 10.1. The van der Waals surface area contributed by atoms with E-state index in [0.29, 0.717) is 5.02 Å². The van der Waals surface area contributed by atoms with Crippen molar-refractivity contribution in [2.75, 3.05) is 0 Å². The number of halogens is 1. The quantitative estimate of drug-likeness (QED) is 0.601. The zero-order valence-corrected chi connectivity index (χ0v) is 16.9. The molecule has 0 amide bonds. The van der Waals surface area contributed by atoms with Crippen molar-refractivity contribution in [1.29, 1.82) is 0 Å². The number of benzene rings is 1. The molecular formula is C20H19ClN4OS. The Morgan fingerprint density at radius 3 is 2.63 bits per heavy atom. The molecule has 0 saturated heterocycles. The number of fused-ring (bicyclic) bond motifs is 3. The number of aldehydes is 1. The summed E-state index contributed by atoms with van der Waals surface area (Å²) in [7, 11) is 0. The molecule has 0 N–H and O–H groups in total. The van der Waals surface area contributed by atoms with Gasteiger partial charge in [0.15, 0.2) is 5.82 Å². The van der Waals surface area contributed by atoms with Crippen LogP contribution in [0.15, 0.2) is 29.3 Å². The lowest BCUT2D eigenvalue weighted by Gasteiger charge is -2.10. The maximum atomic E-state index is 11.3. The van der Waals surface area contributed by atoms with E-state index in [4.69, 9.17) is 16.6 Å². The predicted octanol–water partition coefficient (Wildman–Crippen LogP) is 4.64. The van der Waals surface area contributed by atoms with Crippen molar-refractivity contribution < 1.29 is 4.79 Å². The van der Waals surface area contributed by atoms with Gasteiger partial charge in [-0.25, -0.2) is 0 Å². The highest BCUT2D eigenvalue weighted by Crippen LogP contribution is 2.39. The van der Waals surface area contributed by atoms with Crippen molar-refractivity contribution in [3.05, 3.63) is 62.5 Å². The van der Waals surface area contributed by atoms with Crippen molar-refractivity contribution in [1.82, 2.24) is 14.8 Å². The highest BCUT2D eigenvalue weighted by Gasteiger charge is 2.31. The van der Waals surface area contributed by atoms with Gasteiger partial charge in [-0.05, 0) is 31.5 Å². The second kappa shape index (κ2) is 7.02. The second-order valence-electron chi connectivity index (χ2n) is 6.53. The fraction of sp³-hybridized carbons (Fsp3) is 0.300. The minimum absolute atomic E-state index is 0.270. The van der Waals surface area contributed by atoms with Gasteiger partial charge in [0.25, 0.3) is 0 Å². The predicted molar refractivity (Wildman–Crippen MR) is 109 cm³/mol. The minimum atomic E-state index is -0.361. The molecule has 0 radical (unpaired) electrons. The van der Waals surface area contributed by atoms with Crippen LogP contribution in [0.2, 0.25) is 5.02 Å². The summed E-state index contributed by atoms with van der Waals surface area (Å²) in [6, 6.07) is 7.32. The highest BCUT2D eigenvalue weighted by molar-refractivity contribution is 7.15. The lowest BCUT2D eigenvalue weighted by molar-refractivity contribution is -0.108. The molecule has 3 aromatic rings. The van der Waals surface area contributed by atoms with Crippen LogP contribution in [0.25, 0.3) is 5.00 Å². The van der Waals surface area contributed by atoms with E-state index in [2.05, 4.69) is 35.5 Å². The van der Waals surface area contributed by atoms with Crippen molar-refractivity contribution in [2.24, 2.45) is 4.99 Å². The molecule has 0 aliphatic carbocycles. The number of aliphatic imine (C=N–C) groups is 1. The Morgan fingerprint density at radius 2 is 1.96 bits per heavy atom. The van der Waals surface area contributed by atoms with Gasteiger partial charge in [-0.3, -0.25) is 9.56 Å². The van der Waals surface area contributed by atoms with Crippen LogP contribution in [0.5, 0.6) is 0 Å². The highest BCUT2D eigenvalue weighted by atomic mass is 35.5. The molecule has 3 heterocycles. The van der Waals surface area contributed by atoms with E-state index in [1.165, 1.54) is 10.4 Å². The lowest BCUT2D eigenvalue weighted by Crippen LogP contribution is -2.07. The molecule has 0 unspecified atom stereocenters. The zero-order valence-electron chi connectivity index (χ0n) is 15.4. The number of aromatic nitrogens is 3. The third kappa shape index (κ3) is 2.93. The van der Waals surface area contributed by atoms with Gasteiger partial charge >= 0.3 is 0 Å². The van der Waals surface area contributed by atoms with Crippen molar-refractivity contribution >= 4 is 34.9 Å². The fourth-order valence-electron chi connectivity index (χ4n) is 3.40. The van der Waals surface area contributed by atoms with Crippen LogP contribution in [-0.2, 0) is 11.2 Å². The number of nitrogens with zero attached hydrogens (tertiary/aromatic N) is 4. The summed E-state index contributed by atoms with van der Waals surface area (Å²) >= 11 is 7.80. The molecule has 0 bridgehead atoms. The van der Waals surface area contributed by atoms with Gasteiger partial charge < -0.3 is 4.79 Å². The van der Waals surface area contributed by atoms with E-state index in [-0.39, 0.29) is 12.5 Å². The summed E-state index contributed by atoms with van der Waals surface area (Å²) in [5.41, 5.74) is 4.14. The van der Waals surface area contributed by atoms with E-state index < -0.39 is 0 Å². The summed E-state index contributed by atoms with van der Waals surface area (Å²) in [4.78, 5) is 17.6. The van der Waals surface area contributed by atoms with Gasteiger partial charge in [0, 0.05) is 33.9 Å². The normalized spacial score (nSPS) is 15.7. The Morgan fingerprint density at radius 1 is 1.22 bits per heavy atom. The number of thiophene rings is 1. The largest absolute Gasteiger partial charge is 0.303 e. The lowest BCUT2D eigenvalue weighted by atomic mass is 9.99. The van der Waals surface area contributed by atoms with Gasteiger partial charge in [-0.2, -0.15) is 0 Å². The van der Waals surface area contributed by atoms with Crippen molar-refractivity contribution in [2.45, 2.75) is 39.7 Å². The number of carbonyl (C=O) groups excluding carboxylic acids is 1. The van der Waals surface area contributed by atoms with Gasteiger partial charge in [0.2, 0.25) is 0 Å². The molecule has 5 nitrogen and oxygen atoms in total. The summed E-state index contributed by atoms with van der Waals surface area (Å²) in [5.74, 6) is 1.61. The van der Waals surface area contributed by atoms with E-state index in [1.807, 2.05) is 24.3 Å². The minimum Gasteiger partial charge on any atom is -0.303 e. The van der Waals surface area contributed by atoms with Crippen LogP contribution in [0.1, 0.15) is 52.6 Å². The van der Waals surface area contributed by atoms with Crippen LogP contribution < -0.4 is 0 Å². The van der Waals surface area contributed by atoms with Crippen molar-refractivity contribution in [3.63, 3.8) is 0 Å². The molecule has 1 aromatic carbocycles. The first kappa shape index (κ1) is 18.1. The molecule has 4 rings (SSSR count). The Hall–Kier alpha value is -2.31. The average Bonchev–Trinajstić information content (AvgIpc) is 3.17. The smallest absolute Gasteiger partial charge is 0.163 e. The summed E-state index contributed by atoms with van der Waals surface area (Å²) in [5, 5.41) is 10.5. The number of hydrogen-bond donors (Lipinski definition) is 0. The van der Waals surface area contributed by atoms with Gasteiger partial charge in [-0.15, -0.1) is 21.5 Å². The van der Waals surface area contributed by atoms with Crippen LogP contribution >= 0.6 is 22.9 Å². The molecule has 1 aliphatic rings. The van der Waals surface area contributed by atoms with Gasteiger partial charge in [-0.1, -0.05) is 30.7 Å². The monoisotopic (exact) mass is 398 g/mol. The SMILES string of the molecule is CCc1nnc2n1-c1sc(C)c(C)c1C(c1ccc(Cl)cc1)=N[C@H]2CC=O. The second-order valence-corrected chi connectivity index (χ2v) is 8.17. The third-order valence-corrected chi connectivity index (χ3v) is 6.34. The van der Waals surface area contributed by atoms with E-state index in [1.54, 1.807) is 11.3 Å². The Bertz CT molecular complexity index is 1050. The molecule has 27 heavy (non-hydrogen) atoms. The molecule has 7 heteroatoms. The molecule has 1 aliphatic heterocycles. The van der Waals surface area contributed by atoms with Crippen LogP contribution in [-0.4, -0.2) is 26.8 Å². The Balaban J connectivity index is 2.04. The first-order valence-electron chi connectivity index (χ1n) is 8.87. The maximum Gasteiger partial charge on any atom is 0.163 e. The number of hydrogen-bond acceptors (Lipinski definition) is 5. The van der Waals surface area contributed by atoms with Gasteiger partial charge in [0.1, 0.15) is 23.2 Å². The maximum absolute atomic E-state index is 11.3. The number of rotatable bonds is 4. The van der Waals surface area contributed by atoms with E-state index in [9.17, 15) is 4.79 Å². The van der Waals surface area contributed by atoms with Crippen LogP contribution in [0.3, 0.4) is 0 Å². The third-order valence-electron chi connectivity index (χ3n) is 4.90. The van der Waals surface area contributed by atoms with Crippen LogP contribution in [0.4, 0.5) is 0 Å². The summed E-state index contributed by atoms with van der Waals surface area (Å²) < 4.78 is 2.10. The zero-order chi connectivity index (χ0) is 19.1. The molecule has 1 atom stereocenters. The first-order chi connectivity index (χ1) is 13.0. The average molecular weight is 399 g/mol.